The number of rotatable bonds is 6. The predicted molar refractivity (Wildman–Crippen MR) is 94.0 cm³/mol. The Hall–Kier alpha value is -2.73. The number of fused-ring (bicyclic) bond motifs is 1. The zero-order chi connectivity index (χ0) is 18.0. The van der Waals surface area contributed by atoms with Crippen LogP contribution >= 0.6 is 11.3 Å². The van der Waals surface area contributed by atoms with Gasteiger partial charge in [0.2, 0.25) is 5.78 Å². The molecular formula is C19H15FO4S. The van der Waals surface area contributed by atoms with E-state index in [0.717, 1.165) is 4.70 Å². The van der Waals surface area contributed by atoms with Crippen LogP contribution in [0.4, 0.5) is 4.39 Å². The van der Waals surface area contributed by atoms with Gasteiger partial charge in [-0.05, 0) is 42.8 Å². The molecule has 0 saturated heterocycles. The minimum Gasteiger partial charge on any atom is -0.479 e. The molecule has 4 nitrogen and oxygen atoms in total. The quantitative estimate of drug-likeness (QED) is 0.658. The number of carbonyl (C=O) groups excluding carboxylic acids is 1. The van der Waals surface area contributed by atoms with Crippen molar-refractivity contribution >= 4 is 33.2 Å². The Morgan fingerprint density at radius 1 is 1.16 bits per heavy atom. The number of carboxylic acid groups (broad SMARTS) is 1. The topological polar surface area (TPSA) is 63.6 Å². The Labute approximate surface area is 147 Å². The summed E-state index contributed by atoms with van der Waals surface area (Å²) in [5.41, 5.74) is 0.321. The highest BCUT2D eigenvalue weighted by Crippen LogP contribution is 2.39. The van der Waals surface area contributed by atoms with Gasteiger partial charge in [-0.2, -0.15) is 0 Å². The lowest BCUT2D eigenvalue weighted by molar-refractivity contribution is -0.145. The summed E-state index contributed by atoms with van der Waals surface area (Å²) in [5, 5.41) is 9.97. The smallest absolute Gasteiger partial charge is 0.344 e. The van der Waals surface area contributed by atoms with Crippen LogP contribution in [0.5, 0.6) is 5.75 Å². The van der Waals surface area contributed by atoms with Gasteiger partial charge in [0.15, 0.2) is 6.10 Å². The number of ether oxygens (including phenoxy) is 1. The third-order valence-electron chi connectivity index (χ3n) is 3.77. The highest BCUT2D eigenvalue weighted by Gasteiger charge is 2.25. The highest BCUT2D eigenvalue weighted by atomic mass is 32.1. The van der Waals surface area contributed by atoms with Crippen LogP contribution in [0.3, 0.4) is 0 Å². The van der Waals surface area contributed by atoms with Crippen molar-refractivity contribution in [3.05, 3.63) is 64.8 Å². The molecule has 0 aliphatic carbocycles. The van der Waals surface area contributed by atoms with Crippen LogP contribution in [-0.4, -0.2) is 23.0 Å². The number of carboxylic acids is 1. The summed E-state index contributed by atoms with van der Waals surface area (Å²) < 4.78 is 19.6. The average Bonchev–Trinajstić information content (AvgIpc) is 2.98. The number of aliphatic carboxylic acids is 1. The van der Waals surface area contributed by atoms with Crippen molar-refractivity contribution in [2.45, 2.75) is 19.4 Å². The summed E-state index contributed by atoms with van der Waals surface area (Å²) in [4.78, 5) is 24.5. The molecule has 1 heterocycles. The molecule has 0 spiro atoms. The number of ketones is 1. The summed E-state index contributed by atoms with van der Waals surface area (Å²) in [7, 11) is 0. The number of carbonyl (C=O) groups is 2. The normalized spacial score (nSPS) is 12.1. The number of halogens is 1. The summed E-state index contributed by atoms with van der Waals surface area (Å²) in [5.74, 6) is -1.57. The molecule has 128 valence electrons. The minimum atomic E-state index is -1.09. The molecule has 1 N–H and O–H groups in total. The van der Waals surface area contributed by atoms with Gasteiger partial charge >= 0.3 is 5.97 Å². The molecule has 0 aliphatic rings. The maximum absolute atomic E-state index is 13.1. The molecule has 1 unspecified atom stereocenters. The number of benzene rings is 2. The van der Waals surface area contributed by atoms with Crippen LogP contribution < -0.4 is 4.74 Å². The first kappa shape index (κ1) is 17.1. The first-order valence-corrected chi connectivity index (χ1v) is 8.54. The third kappa shape index (κ3) is 3.39. The second-order valence-corrected chi connectivity index (χ2v) is 6.50. The monoisotopic (exact) mass is 358 g/mol. The maximum atomic E-state index is 13.1. The van der Waals surface area contributed by atoms with Gasteiger partial charge < -0.3 is 9.84 Å². The van der Waals surface area contributed by atoms with Crippen molar-refractivity contribution < 1.29 is 23.8 Å². The molecule has 0 bridgehead atoms. The Kier molecular flexibility index (Phi) is 4.81. The van der Waals surface area contributed by atoms with E-state index in [1.807, 2.05) is 12.1 Å². The van der Waals surface area contributed by atoms with Crippen molar-refractivity contribution in [1.82, 2.24) is 0 Å². The summed E-state index contributed by atoms with van der Waals surface area (Å²) in [6, 6.07) is 12.5. The summed E-state index contributed by atoms with van der Waals surface area (Å²) >= 11 is 1.23. The molecule has 25 heavy (non-hydrogen) atoms. The molecule has 0 aliphatic heterocycles. The molecule has 2 aromatic carbocycles. The van der Waals surface area contributed by atoms with Gasteiger partial charge in [0.25, 0.3) is 0 Å². The molecule has 1 atom stereocenters. The Bertz CT molecular complexity index is 930. The molecule has 1 aromatic heterocycles. The van der Waals surface area contributed by atoms with Gasteiger partial charge in [-0.3, -0.25) is 4.79 Å². The first-order valence-electron chi connectivity index (χ1n) is 7.72. The lowest BCUT2D eigenvalue weighted by atomic mass is 10.1. The second-order valence-electron chi connectivity index (χ2n) is 5.45. The molecule has 0 fully saturated rings. The van der Waals surface area contributed by atoms with E-state index in [1.54, 1.807) is 19.1 Å². The number of hydrogen-bond donors (Lipinski definition) is 1. The van der Waals surface area contributed by atoms with E-state index < -0.39 is 17.9 Å². The van der Waals surface area contributed by atoms with Crippen molar-refractivity contribution in [3.8, 4) is 5.75 Å². The molecule has 0 amide bonds. The van der Waals surface area contributed by atoms with Crippen LogP contribution in [0.2, 0.25) is 0 Å². The van der Waals surface area contributed by atoms with Crippen molar-refractivity contribution in [1.29, 1.82) is 0 Å². The molecule has 3 rings (SSSR count). The lowest BCUT2D eigenvalue weighted by Crippen LogP contribution is -2.26. The van der Waals surface area contributed by atoms with E-state index >= 15 is 0 Å². The van der Waals surface area contributed by atoms with E-state index in [4.69, 9.17) is 4.74 Å². The predicted octanol–water partition coefficient (Wildman–Crippen LogP) is 4.51. The fraction of sp³-hybridized carbons (Fsp3) is 0.158. The maximum Gasteiger partial charge on any atom is 0.344 e. The Morgan fingerprint density at radius 2 is 1.84 bits per heavy atom. The largest absolute Gasteiger partial charge is 0.479 e. The van der Waals surface area contributed by atoms with Gasteiger partial charge in [-0.25, -0.2) is 9.18 Å². The average molecular weight is 358 g/mol. The van der Waals surface area contributed by atoms with Gasteiger partial charge in [0.05, 0.1) is 0 Å². The van der Waals surface area contributed by atoms with E-state index in [2.05, 4.69) is 0 Å². The summed E-state index contributed by atoms with van der Waals surface area (Å²) in [6.45, 7) is 1.70. The fourth-order valence-electron chi connectivity index (χ4n) is 2.47. The minimum absolute atomic E-state index is 0.268. The van der Waals surface area contributed by atoms with Crippen molar-refractivity contribution in [3.63, 3.8) is 0 Å². The molecule has 0 radical (unpaired) electrons. The fourth-order valence-corrected chi connectivity index (χ4v) is 3.57. The van der Waals surface area contributed by atoms with Crippen LogP contribution in [-0.2, 0) is 4.79 Å². The molecule has 6 heteroatoms. The van der Waals surface area contributed by atoms with Crippen LogP contribution in [0, 0.1) is 5.82 Å². The van der Waals surface area contributed by atoms with Crippen LogP contribution in [0.1, 0.15) is 28.6 Å². The van der Waals surface area contributed by atoms with E-state index in [9.17, 15) is 19.1 Å². The zero-order valence-corrected chi connectivity index (χ0v) is 14.2. The van der Waals surface area contributed by atoms with E-state index in [0.29, 0.717) is 15.8 Å². The third-order valence-corrected chi connectivity index (χ3v) is 4.92. The Morgan fingerprint density at radius 3 is 2.48 bits per heavy atom. The standard InChI is InChI=1S/C19H15FO4S/c1-2-14(19(22)23)24-17-13-5-3-4-6-15(13)25-18(17)16(21)11-7-9-12(20)10-8-11/h3-10,14H,2H2,1H3,(H,22,23). The van der Waals surface area contributed by atoms with Crippen molar-refractivity contribution in [2.75, 3.05) is 0 Å². The summed E-state index contributed by atoms with van der Waals surface area (Å²) in [6.07, 6.45) is -0.776. The Balaban J connectivity index is 2.10. The van der Waals surface area contributed by atoms with Crippen molar-refractivity contribution in [2.24, 2.45) is 0 Å². The van der Waals surface area contributed by atoms with E-state index in [-0.39, 0.29) is 18.0 Å². The molecule has 3 aromatic rings. The van der Waals surface area contributed by atoms with Gasteiger partial charge in [0, 0.05) is 15.6 Å². The van der Waals surface area contributed by atoms with E-state index in [1.165, 1.54) is 35.6 Å². The lowest BCUT2D eigenvalue weighted by Gasteiger charge is -2.14. The van der Waals surface area contributed by atoms with Crippen LogP contribution in [0.15, 0.2) is 48.5 Å². The van der Waals surface area contributed by atoms with Crippen LogP contribution in [0.25, 0.3) is 10.1 Å². The SMILES string of the molecule is CCC(Oc1c(C(=O)c2ccc(F)cc2)sc2ccccc12)C(=O)O. The van der Waals surface area contributed by atoms with Gasteiger partial charge in [0.1, 0.15) is 16.4 Å². The highest BCUT2D eigenvalue weighted by molar-refractivity contribution is 7.21. The zero-order valence-electron chi connectivity index (χ0n) is 13.4. The molecule has 0 saturated carbocycles. The first-order chi connectivity index (χ1) is 12.0. The molecular weight excluding hydrogens is 343 g/mol. The number of thiophene rings is 1. The van der Waals surface area contributed by atoms with Gasteiger partial charge in [-0.1, -0.05) is 19.1 Å². The van der Waals surface area contributed by atoms with Gasteiger partial charge in [-0.15, -0.1) is 11.3 Å². The second kappa shape index (κ2) is 7.03. The number of hydrogen-bond acceptors (Lipinski definition) is 4.